The van der Waals surface area contributed by atoms with Crippen LogP contribution in [0.15, 0.2) is 30.5 Å². The van der Waals surface area contributed by atoms with Gasteiger partial charge in [0.25, 0.3) is 0 Å². The Labute approximate surface area is 94.5 Å². The summed E-state index contributed by atoms with van der Waals surface area (Å²) >= 11 is 0. The molecule has 1 aromatic heterocycles. The topological polar surface area (TPSA) is 61.0 Å². The molecule has 0 aliphatic heterocycles. The predicted octanol–water partition coefficient (Wildman–Crippen LogP) is 1.67. The molecule has 2 N–H and O–H groups in total. The molecular weight excluding hydrogens is 202 g/mol. The Morgan fingerprint density at radius 3 is 2.81 bits per heavy atom. The number of ether oxygens (including phenoxy) is 1. The Hall–Kier alpha value is -1.52. The van der Waals surface area contributed by atoms with E-state index in [1.54, 1.807) is 6.20 Å². The number of aromatic nitrogens is 2. The van der Waals surface area contributed by atoms with E-state index in [9.17, 15) is 0 Å². The SMILES string of the molecule is CCOCC(N)c1cnc2ccccc2n1. The molecule has 0 aliphatic carbocycles. The fourth-order valence-electron chi connectivity index (χ4n) is 1.48. The Morgan fingerprint density at radius 2 is 2.06 bits per heavy atom. The van der Waals surface area contributed by atoms with E-state index in [0.717, 1.165) is 16.7 Å². The van der Waals surface area contributed by atoms with Crippen LogP contribution in [0.25, 0.3) is 11.0 Å². The summed E-state index contributed by atoms with van der Waals surface area (Å²) in [5, 5.41) is 0. The maximum absolute atomic E-state index is 5.94. The van der Waals surface area contributed by atoms with Gasteiger partial charge in [-0.15, -0.1) is 0 Å². The summed E-state index contributed by atoms with van der Waals surface area (Å²) in [5.41, 5.74) is 8.47. The van der Waals surface area contributed by atoms with Crippen LogP contribution in [0.5, 0.6) is 0 Å². The molecule has 16 heavy (non-hydrogen) atoms. The van der Waals surface area contributed by atoms with Crippen LogP contribution in [0.2, 0.25) is 0 Å². The Kier molecular flexibility index (Phi) is 3.44. The molecule has 0 fully saturated rings. The van der Waals surface area contributed by atoms with E-state index in [0.29, 0.717) is 13.2 Å². The second kappa shape index (κ2) is 5.01. The largest absolute Gasteiger partial charge is 0.380 e. The molecule has 0 bridgehead atoms. The molecule has 0 radical (unpaired) electrons. The molecule has 1 atom stereocenters. The lowest BCUT2D eigenvalue weighted by molar-refractivity contribution is 0.132. The Morgan fingerprint density at radius 1 is 1.31 bits per heavy atom. The predicted molar refractivity (Wildman–Crippen MR) is 63.0 cm³/mol. The molecule has 1 aromatic carbocycles. The van der Waals surface area contributed by atoms with Crippen LogP contribution in [0.3, 0.4) is 0 Å². The van der Waals surface area contributed by atoms with E-state index in [1.807, 2.05) is 31.2 Å². The normalized spacial score (nSPS) is 12.9. The first-order valence-corrected chi connectivity index (χ1v) is 5.36. The highest BCUT2D eigenvalue weighted by atomic mass is 16.5. The number of nitrogens with two attached hydrogens (primary N) is 1. The summed E-state index contributed by atoms with van der Waals surface area (Å²) in [6.45, 7) is 3.08. The lowest BCUT2D eigenvalue weighted by Gasteiger charge is -2.10. The van der Waals surface area contributed by atoms with Crippen LogP contribution in [0.4, 0.5) is 0 Å². The second-order valence-electron chi connectivity index (χ2n) is 3.55. The summed E-state index contributed by atoms with van der Waals surface area (Å²) in [4.78, 5) is 8.77. The maximum Gasteiger partial charge on any atom is 0.0890 e. The monoisotopic (exact) mass is 217 g/mol. The van der Waals surface area contributed by atoms with Crippen molar-refractivity contribution >= 4 is 11.0 Å². The minimum atomic E-state index is -0.211. The van der Waals surface area contributed by atoms with Crippen molar-refractivity contribution < 1.29 is 4.74 Å². The number of fused-ring (bicyclic) bond motifs is 1. The van der Waals surface area contributed by atoms with E-state index >= 15 is 0 Å². The number of rotatable bonds is 4. The van der Waals surface area contributed by atoms with Gasteiger partial charge in [-0.2, -0.15) is 0 Å². The zero-order valence-corrected chi connectivity index (χ0v) is 9.26. The minimum absolute atomic E-state index is 0.211. The van der Waals surface area contributed by atoms with E-state index < -0.39 is 0 Å². The van der Waals surface area contributed by atoms with Crippen molar-refractivity contribution in [2.45, 2.75) is 13.0 Å². The molecular formula is C12H15N3O. The first kappa shape index (κ1) is 11.0. The van der Waals surface area contributed by atoms with E-state index in [1.165, 1.54) is 0 Å². The van der Waals surface area contributed by atoms with Gasteiger partial charge >= 0.3 is 0 Å². The minimum Gasteiger partial charge on any atom is -0.380 e. The van der Waals surface area contributed by atoms with Gasteiger partial charge in [0.05, 0.1) is 35.6 Å². The molecule has 0 spiro atoms. The quantitative estimate of drug-likeness (QED) is 0.846. The van der Waals surface area contributed by atoms with E-state index in [-0.39, 0.29) is 6.04 Å². The van der Waals surface area contributed by atoms with Gasteiger partial charge in [-0.3, -0.25) is 4.98 Å². The van der Waals surface area contributed by atoms with Crippen molar-refractivity contribution in [1.29, 1.82) is 0 Å². The Bertz CT molecular complexity index is 473. The van der Waals surface area contributed by atoms with E-state index in [4.69, 9.17) is 10.5 Å². The molecule has 4 nitrogen and oxygen atoms in total. The second-order valence-corrected chi connectivity index (χ2v) is 3.55. The highest BCUT2D eigenvalue weighted by Gasteiger charge is 2.08. The van der Waals surface area contributed by atoms with E-state index in [2.05, 4.69) is 9.97 Å². The fraction of sp³-hybridized carbons (Fsp3) is 0.333. The van der Waals surface area contributed by atoms with Gasteiger partial charge in [-0.1, -0.05) is 12.1 Å². The highest BCUT2D eigenvalue weighted by molar-refractivity contribution is 5.73. The van der Waals surface area contributed by atoms with Gasteiger partial charge < -0.3 is 10.5 Å². The first-order valence-electron chi connectivity index (χ1n) is 5.36. The van der Waals surface area contributed by atoms with Crippen molar-refractivity contribution in [2.75, 3.05) is 13.2 Å². The van der Waals surface area contributed by atoms with Crippen LogP contribution in [0.1, 0.15) is 18.7 Å². The third kappa shape index (κ3) is 2.35. The number of hydrogen-bond acceptors (Lipinski definition) is 4. The van der Waals surface area contributed by atoms with Crippen LogP contribution >= 0.6 is 0 Å². The molecule has 4 heteroatoms. The average Bonchev–Trinajstić information content (AvgIpc) is 2.35. The van der Waals surface area contributed by atoms with Gasteiger partial charge in [0, 0.05) is 6.61 Å². The molecule has 1 heterocycles. The molecule has 0 saturated heterocycles. The van der Waals surface area contributed by atoms with Crippen LogP contribution in [-0.4, -0.2) is 23.2 Å². The number of hydrogen-bond donors (Lipinski definition) is 1. The van der Waals surface area contributed by atoms with Gasteiger partial charge in [-0.25, -0.2) is 4.98 Å². The number of para-hydroxylation sites is 2. The van der Waals surface area contributed by atoms with Gasteiger partial charge in [0.15, 0.2) is 0 Å². The van der Waals surface area contributed by atoms with Crippen LogP contribution < -0.4 is 5.73 Å². The van der Waals surface area contributed by atoms with Crippen molar-refractivity contribution in [3.05, 3.63) is 36.2 Å². The number of nitrogens with zero attached hydrogens (tertiary/aromatic N) is 2. The first-order chi connectivity index (χ1) is 7.81. The lowest BCUT2D eigenvalue weighted by atomic mass is 10.2. The summed E-state index contributed by atoms with van der Waals surface area (Å²) in [6, 6.07) is 7.53. The molecule has 0 saturated carbocycles. The fourth-order valence-corrected chi connectivity index (χ4v) is 1.48. The zero-order valence-electron chi connectivity index (χ0n) is 9.26. The van der Waals surface area contributed by atoms with Gasteiger partial charge in [-0.05, 0) is 19.1 Å². The molecule has 0 aliphatic rings. The zero-order chi connectivity index (χ0) is 11.4. The van der Waals surface area contributed by atoms with Crippen LogP contribution in [0, 0.1) is 0 Å². The summed E-state index contributed by atoms with van der Waals surface area (Å²) in [6.07, 6.45) is 1.71. The summed E-state index contributed by atoms with van der Waals surface area (Å²) in [7, 11) is 0. The molecule has 84 valence electrons. The number of benzene rings is 1. The molecule has 1 unspecified atom stereocenters. The maximum atomic E-state index is 5.94. The summed E-state index contributed by atoms with van der Waals surface area (Å²) in [5.74, 6) is 0. The van der Waals surface area contributed by atoms with Crippen molar-refractivity contribution in [3.8, 4) is 0 Å². The van der Waals surface area contributed by atoms with Gasteiger partial charge in [0.2, 0.25) is 0 Å². The lowest BCUT2D eigenvalue weighted by Crippen LogP contribution is -2.18. The highest BCUT2D eigenvalue weighted by Crippen LogP contribution is 2.12. The molecule has 2 aromatic rings. The Balaban J connectivity index is 2.25. The average molecular weight is 217 g/mol. The third-order valence-corrected chi connectivity index (χ3v) is 2.35. The standard InChI is InChI=1S/C12H15N3O/c1-2-16-8-9(13)12-7-14-10-5-3-4-6-11(10)15-12/h3-7,9H,2,8,13H2,1H3. The van der Waals surface area contributed by atoms with Crippen molar-refractivity contribution in [3.63, 3.8) is 0 Å². The molecule has 0 amide bonds. The summed E-state index contributed by atoms with van der Waals surface area (Å²) < 4.78 is 5.27. The smallest absolute Gasteiger partial charge is 0.0890 e. The third-order valence-electron chi connectivity index (χ3n) is 2.35. The molecule has 2 rings (SSSR count). The van der Waals surface area contributed by atoms with Crippen molar-refractivity contribution in [2.24, 2.45) is 5.73 Å². The van der Waals surface area contributed by atoms with Gasteiger partial charge in [0.1, 0.15) is 0 Å². The van der Waals surface area contributed by atoms with Crippen molar-refractivity contribution in [1.82, 2.24) is 9.97 Å². The van der Waals surface area contributed by atoms with Crippen LogP contribution in [-0.2, 0) is 4.74 Å².